The molecule has 0 saturated heterocycles. The van der Waals surface area contributed by atoms with Crippen LogP contribution in [0, 0.1) is 0 Å². The summed E-state index contributed by atoms with van der Waals surface area (Å²) in [5.74, 6) is 0. The van der Waals surface area contributed by atoms with Gasteiger partial charge in [-0.05, 0) is 12.1 Å². The average Bonchev–Trinajstić information content (AvgIpc) is 2.16. The molecule has 0 unspecified atom stereocenters. The van der Waals surface area contributed by atoms with Crippen LogP contribution >= 0.6 is 0 Å². The van der Waals surface area contributed by atoms with Crippen molar-refractivity contribution in [1.82, 2.24) is 10.6 Å². The van der Waals surface area contributed by atoms with Crippen LogP contribution < -0.4 is 10.6 Å². The molecule has 0 heterocycles. The number of hydrogen-bond acceptors (Lipinski definition) is 2. The highest BCUT2D eigenvalue weighted by atomic mass is 14.9. The van der Waals surface area contributed by atoms with Gasteiger partial charge >= 0.3 is 0 Å². The maximum Gasteiger partial charge on any atom is 0.0205 e. The number of hydrogen-bond donors (Lipinski definition) is 2. The van der Waals surface area contributed by atoms with Gasteiger partial charge in [-0.1, -0.05) is 38.3 Å². The van der Waals surface area contributed by atoms with Gasteiger partial charge in [0.1, 0.15) is 0 Å². The Morgan fingerprint density at radius 3 is 2.46 bits per heavy atom. The number of nitrogens with one attached hydrogen (secondary N) is 2. The van der Waals surface area contributed by atoms with Gasteiger partial charge in [0.25, 0.3) is 0 Å². The van der Waals surface area contributed by atoms with E-state index in [1.807, 2.05) is 12.2 Å². The molecule has 0 saturated carbocycles. The highest BCUT2D eigenvalue weighted by Crippen LogP contribution is 1.92. The van der Waals surface area contributed by atoms with Crippen molar-refractivity contribution in [3.05, 3.63) is 37.0 Å². The molecule has 0 aromatic carbocycles. The van der Waals surface area contributed by atoms with Crippen LogP contribution in [0.2, 0.25) is 0 Å². The maximum atomic E-state index is 3.72. The molecule has 0 amide bonds. The van der Waals surface area contributed by atoms with E-state index in [1.165, 1.54) is 5.57 Å². The fraction of sp³-hybridized carbons (Fsp3) is 0.455. The highest BCUT2D eigenvalue weighted by molar-refractivity contribution is 5.22. The van der Waals surface area contributed by atoms with Crippen molar-refractivity contribution in [2.45, 2.75) is 6.92 Å². The minimum atomic E-state index is 0.862. The van der Waals surface area contributed by atoms with Crippen molar-refractivity contribution in [3.8, 4) is 0 Å². The molecule has 74 valence electrons. The molecule has 0 atom stereocenters. The molecule has 0 aliphatic carbocycles. The Morgan fingerprint density at radius 2 is 1.92 bits per heavy atom. The van der Waals surface area contributed by atoms with Crippen molar-refractivity contribution in [2.24, 2.45) is 0 Å². The normalized spacial score (nSPS) is 11.3. The van der Waals surface area contributed by atoms with Crippen LogP contribution in [0.4, 0.5) is 0 Å². The van der Waals surface area contributed by atoms with Crippen LogP contribution in [0.25, 0.3) is 0 Å². The van der Waals surface area contributed by atoms with Gasteiger partial charge in [0.15, 0.2) is 0 Å². The molecule has 0 fully saturated rings. The second-order valence-electron chi connectivity index (χ2n) is 2.71. The molecule has 0 rings (SSSR count). The molecule has 2 nitrogen and oxygen atoms in total. The van der Waals surface area contributed by atoms with E-state index < -0.39 is 0 Å². The smallest absolute Gasteiger partial charge is 0.0205 e. The summed E-state index contributed by atoms with van der Waals surface area (Å²) in [5.41, 5.74) is 1.17. The number of rotatable bonds is 8. The largest absolute Gasteiger partial charge is 0.316 e. The lowest BCUT2D eigenvalue weighted by atomic mass is 10.2. The summed E-state index contributed by atoms with van der Waals surface area (Å²) in [5, 5.41) is 6.55. The lowest BCUT2D eigenvalue weighted by Crippen LogP contribution is -2.28. The fourth-order valence-electron chi connectivity index (χ4n) is 0.937. The third-order valence-corrected chi connectivity index (χ3v) is 1.65. The first-order chi connectivity index (χ1) is 6.35. The van der Waals surface area contributed by atoms with Gasteiger partial charge < -0.3 is 10.6 Å². The van der Waals surface area contributed by atoms with E-state index in [9.17, 15) is 0 Å². The van der Waals surface area contributed by atoms with E-state index in [4.69, 9.17) is 0 Å². The summed E-state index contributed by atoms with van der Waals surface area (Å²) in [4.78, 5) is 0. The maximum absolute atomic E-state index is 3.72. The van der Waals surface area contributed by atoms with Crippen molar-refractivity contribution in [2.75, 3.05) is 26.2 Å². The third-order valence-electron chi connectivity index (χ3n) is 1.65. The Hall–Kier alpha value is -0.860. The summed E-state index contributed by atoms with van der Waals surface area (Å²) in [6.07, 6.45) is 5.60. The third kappa shape index (κ3) is 7.50. The molecule has 0 aliphatic heterocycles. The van der Waals surface area contributed by atoms with E-state index in [0.717, 1.165) is 26.2 Å². The Labute approximate surface area is 81.4 Å². The van der Waals surface area contributed by atoms with E-state index in [1.54, 1.807) is 6.08 Å². The van der Waals surface area contributed by atoms with Crippen molar-refractivity contribution < 1.29 is 0 Å². The first-order valence-electron chi connectivity index (χ1n) is 4.70. The van der Waals surface area contributed by atoms with Crippen molar-refractivity contribution in [3.63, 3.8) is 0 Å². The Balaban J connectivity index is 3.44. The SMILES string of the molecule is C=C/C=C(\C=C)CNCCNCC. The molecule has 0 spiro atoms. The minimum Gasteiger partial charge on any atom is -0.316 e. The number of likely N-dealkylation sites (N-methyl/N-ethyl adjacent to an activating group) is 1. The van der Waals surface area contributed by atoms with Crippen molar-refractivity contribution in [1.29, 1.82) is 0 Å². The fourth-order valence-corrected chi connectivity index (χ4v) is 0.937. The topological polar surface area (TPSA) is 24.1 Å². The zero-order valence-corrected chi connectivity index (χ0v) is 8.47. The van der Waals surface area contributed by atoms with E-state index in [0.29, 0.717) is 0 Å². The molecule has 0 bridgehead atoms. The molecular weight excluding hydrogens is 160 g/mol. The van der Waals surface area contributed by atoms with Gasteiger partial charge in [-0.25, -0.2) is 0 Å². The predicted octanol–water partition coefficient (Wildman–Crippen LogP) is 1.48. The number of allylic oxidation sites excluding steroid dienone is 2. The molecule has 0 aromatic heterocycles. The quantitative estimate of drug-likeness (QED) is 0.437. The first-order valence-corrected chi connectivity index (χ1v) is 4.70. The summed E-state index contributed by atoms with van der Waals surface area (Å²) in [6.45, 7) is 13.3. The Kier molecular flexibility index (Phi) is 8.62. The van der Waals surface area contributed by atoms with Gasteiger partial charge in [0.2, 0.25) is 0 Å². The zero-order valence-electron chi connectivity index (χ0n) is 8.47. The van der Waals surface area contributed by atoms with Crippen LogP contribution in [0.1, 0.15) is 6.92 Å². The van der Waals surface area contributed by atoms with Gasteiger partial charge in [0.05, 0.1) is 0 Å². The predicted molar refractivity (Wildman–Crippen MR) is 59.9 cm³/mol. The summed E-state index contributed by atoms with van der Waals surface area (Å²) in [6, 6.07) is 0. The lowest BCUT2D eigenvalue weighted by molar-refractivity contribution is 0.649. The second kappa shape index (κ2) is 9.23. The van der Waals surface area contributed by atoms with E-state index >= 15 is 0 Å². The summed E-state index contributed by atoms with van der Waals surface area (Å²) in [7, 11) is 0. The van der Waals surface area contributed by atoms with Gasteiger partial charge in [-0.15, -0.1) is 0 Å². The summed E-state index contributed by atoms with van der Waals surface area (Å²) >= 11 is 0. The van der Waals surface area contributed by atoms with Gasteiger partial charge in [0, 0.05) is 19.6 Å². The lowest BCUT2D eigenvalue weighted by Gasteiger charge is -2.05. The van der Waals surface area contributed by atoms with Crippen LogP contribution in [-0.4, -0.2) is 26.2 Å². The zero-order chi connectivity index (χ0) is 9.94. The van der Waals surface area contributed by atoms with E-state index in [2.05, 4.69) is 30.7 Å². The Bertz CT molecular complexity index is 171. The van der Waals surface area contributed by atoms with Gasteiger partial charge in [-0.2, -0.15) is 0 Å². The molecular formula is C11H20N2. The van der Waals surface area contributed by atoms with Crippen LogP contribution in [0.5, 0.6) is 0 Å². The van der Waals surface area contributed by atoms with E-state index in [-0.39, 0.29) is 0 Å². The summed E-state index contributed by atoms with van der Waals surface area (Å²) < 4.78 is 0. The Morgan fingerprint density at radius 1 is 1.23 bits per heavy atom. The molecule has 0 aromatic rings. The van der Waals surface area contributed by atoms with Crippen molar-refractivity contribution >= 4 is 0 Å². The van der Waals surface area contributed by atoms with Crippen LogP contribution in [0.15, 0.2) is 37.0 Å². The second-order valence-corrected chi connectivity index (χ2v) is 2.71. The molecule has 13 heavy (non-hydrogen) atoms. The molecule has 0 radical (unpaired) electrons. The molecule has 2 heteroatoms. The minimum absolute atomic E-state index is 0.862. The first kappa shape index (κ1) is 12.1. The molecule has 2 N–H and O–H groups in total. The average molecular weight is 180 g/mol. The highest BCUT2D eigenvalue weighted by Gasteiger charge is 1.89. The van der Waals surface area contributed by atoms with Gasteiger partial charge in [-0.3, -0.25) is 0 Å². The molecule has 0 aliphatic rings. The van der Waals surface area contributed by atoms with Crippen LogP contribution in [0.3, 0.4) is 0 Å². The standard InChI is InChI=1S/C11H20N2/c1-4-7-11(5-2)10-13-9-8-12-6-3/h4-5,7,12-13H,1-2,6,8-10H2,3H3/b11-7+. The monoisotopic (exact) mass is 180 g/mol. The van der Waals surface area contributed by atoms with Crippen LogP contribution in [-0.2, 0) is 0 Å².